The van der Waals surface area contributed by atoms with Gasteiger partial charge in [0.05, 0.1) is 10.4 Å². The first-order valence-electron chi connectivity index (χ1n) is 8.46. The van der Waals surface area contributed by atoms with Crippen LogP contribution in [-0.2, 0) is 0 Å². The van der Waals surface area contributed by atoms with Gasteiger partial charge in [-0.1, -0.05) is 35.5 Å². The molecule has 1 N–H and O–H groups in total. The van der Waals surface area contributed by atoms with Crippen molar-refractivity contribution >= 4 is 39.9 Å². The van der Waals surface area contributed by atoms with Crippen molar-refractivity contribution in [3.8, 4) is 0 Å². The summed E-state index contributed by atoms with van der Waals surface area (Å²) >= 11 is 1.23. The zero-order valence-corrected chi connectivity index (χ0v) is 15.7. The minimum absolute atomic E-state index is 0.144. The fourth-order valence-corrected chi connectivity index (χ4v) is 3.61. The highest BCUT2D eigenvalue weighted by Gasteiger charge is 2.24. The number of hydrogen-bond acceptors (Lipinski definition) is 7. The van der Waals surface area contributed by atoms with Gasteiger partial charge in [-0.2, -0.15) is 0 Å². The van der Waals surface area contributed by atoms with Gasteiger partial charge < -0.3 is 5.32 Å². The Hall–Kier alpha value is -3.52. The molecule has 0 aliphatic rings. The summed E-state index contributed by atoms with van der Waals surface area (Å²) in [7, 11) is 0. The van der Waals surface area contributed by atoms with Gasteiger partial charge in [0.15, 0.2) is 5.03 Å². The van der Waals surface area contributed by atoms with Crippen LogP contribution in [-0.4, -0.2) is 19.9 Å². The smallest absolute Gasteiger partial charge is 0.334 e. The molecule has 2 aromatic heterocycles. The van der Waals surface area contributed by atoms with Crippen molar-refractivity contribution in [1.29, 1.82) is 0 Å². The first kappa shape index (κ1) is 17.9. The Morgan fingerprint density at radius 1 is 1.00 bits per heavy atom. The lowest BCUT2D eigenvalue weighted by atomic mass is 10.2. The van der Waals surface area contributed by atoms with Crippen molar-refractivity contribution in [2.75, 3.05) is 5.32 Å². The van der Waals surface area contributed by atoms with Crippen molar-refractivity contribution in [2.24, 2.45) is 0 Å². The van der Waals surface area contributed by atoms with Gasteiger partial charge in [0.1, 0.15) is 6.33 Å². The number of benzene rings is 2. The maximum Gasteiger partial charge on any atom is 0.343 e. The fourth-order valence-electron chi connectivity index (χ4n) is 2.75. The first-order chi connectivity index (χ1) is 13.6. The van der Waals surface area contributed by atoms with Crippen LogP contribution < -0.4 is 5.32 Å². The molecule has 8 heteroatoms. The molecule has 0 radical (unpaired) electrons. The lowest BCUT2D eigenvalue weighted by Crippen LogP contribution is -2.03. The van der Waals surface area contributed by atoms with Crippen molar-refractivity contribution in [3.63, 3.8) is 0 Å². The van der Waals surface area contributed by atoms with Gasteiger partial charge in [0, 0.05) is 22.2 Å². The number of aromatic nitrogens is 3. The molecular weight excluding hydrogens is 374 g/mol. The van der Waals surface area contributed by atoms with Crippen LogP contribution in [0.1, 0.15) is 5.56 Å². The molecule has 138 valence electrons. The van der Waals surface area contributed by atoms with Gasteiger partial charge in [-0.25, -0.2) is 9.97 Å². The van der Waals surface area contributed by atoms with Crippen LogP contribution in [0, 0.1) is 17.0 Å². The summed E-state index contributed by atoms with van der Waals surface area (Å²) in [5.41, 5.74) is 2.44. The largest absolute Gasteiger partial charge is 0.343 e. The summed E-state index contributed by atoms with van der Waals surface area (Å²) in [4.78, 5) is 24.8. The monoisotopic (exact) mass is 389 g/mol. The summed E-state index contributed by atoms with van der Waals surface area (Å²) < 4.78 is 0. The molecule has 4 aromatic rings. The summed E-state index contributed by atoms with van der Waals surface area (Å²) in [6, 6.07) is 17.0. The van der Waals surface area contributed by atoms with E-state index in [0.29, 0.717) is 5.69 Å². The topological polar surface area (TPSA) is 93.8 Å². The average molecular weight is 389 g/mol. The number of rotatable bonds is 5. The van der Waals surface area contributed by atoms with Gasteiger partial charge in [-0.3, -0.25) is 15.1 Å². The molecule has 0 unspecified atom stereocenters. The Morgan fingerprint density at radius 3 is 2.61 bits per heavy atom. The third-order valence-corrected chi connectivity index (χ3v) is 5.11. The van der Waals surface area contributed by atoms with Crippen LogP contribution >= 0.6 is 11.8 Å². The predicted molar refractivity (Wildman–Crippen MR) is 109 cm³/mol. The number of nitrogens with zero attached hydrogens (tertiary/aromatic N) is 4. The number of fused-ring (bicyclic) bond motifs is 1. The number of nitro groups is 1. The zero-order valence-electron chi connectivity index (χ0n) is 14.9. The molecule has 7 nitrogen and oxygen atoms in total. The van der Waals surface area contributed by atoms with Crippen LogP contribution in [0.3, 0.4) is 0 Å². The number of pyridine rings is 1. The highest BCUT2D eigenvalue weighted by atomic mass is 32.2. The molecule has 0 aliphatic carbocycles. The minimum atomic E-state index is -0.456. The van der Waals surface area contributed by atoms with Crippen molar-refractivity contribution < 1.29 is 4.92 Å². The van der Waals surface area contributed by atoms with E-state index in [-0.39, 0.29) is 16.5 Å². The van der Waals surface area contributed by atoms with Crippen LogP contribution in [0.5, 0.6) is 0 Å². The number of nitrogens with one attached hydrogen (secondary N) is 1. The first-order valence-corrected chi connectivity index (χ1v) is 9.28. The second-order valence-electron chi connectivity index (χ2n) is 6.05. The normalized spacial score (nSPS) is 10.8. The molecule has 0 saturated carbocycles. The zero-order chi connectivity index (χ0) is 19.5. The van der Waals surface area contributed by atoms with Crippen molar-refractivity contribution in [3.05, 3.63) is 82.8 Å². The molecule has 0 aliphatic heterocycles. The number of aryl methyl sites for hydroxylation is 1. The summed E-state index contributed by atoms with van der Waals surface area (Å²) in [6.07, 6.45) is 3.03. The highest BCUT2D eigenvalue weighted by Crippen LogP contribution is 2.38. The predicted octanol–water partition coefficient (Wildman–Crippen LogP) is 5.14. The molecule has 2 aromatic carbocycles. The lowest BCUT2D eigenvalue weighted by molar-refractivity contribution is -0.387. The third-order valence-electron chi connectivity index (χ3n) is 4.11. The van der Waals surface area contributed by atoms with Crippen molar-refractivity contribution in [2.45, 2.75) is 16.8 Å². The quantitative estimate of drug-likeness (QED) is 0.287. The Morgan fingerprint density at radius 2 is 1.82 bits per heavy atom. The molecule has 0 spiro atoms. The van der Waals surface area contributed by atoms with E-state index >= 15 is 0 Å². The molecule has 0 amide bonds. The molecule has 0 atom stereocenters. The highest BCUT2D eigenvalue weighted by molar-refractivity contribution is 7.99. The Bertz CT molecular complexity index is 1160. The van der Waals surface area contributed by atoms with Crippen molar-refractivity contribution in [1.82, 2.24) is 15.0 Å². The molecule has 0 saturated heterocycles. The SMILES string of the molecule is Cc1ccc(Sc2ncnc(Nc3cccc4ncccc34)c2[N+](=O)[O-])cc1. The van der Waals surface area contributed by atoms with Gasteiger partial charge in [-0.05, 0) is 43.3 Å². The van der Waals surface area contributed by atoms with Crippen LogP contribution in [0.4, 0.5) is 17.2 Å². The summed E-state index contributed by atoms with van der Waals surface area (Å²) in [6.45, 7) is 1.99. The second kappa shape index (κ2) is 7.61. The average Bonchev–Trinajstić information content (AvgIpc) is 2.70. The maximum absolute atomic E-state index is 11.8. The van der Waals surface area contributed by atoms with E-state index in [4.69, 9.17) is 0 Å². The Labute approximate surface area is 165 Å². The number of hydrogen-bond donors (Lipinski definition) is 1. The molecular formula is C20H15N5O2S. The third kappa shape index (κ3) is 3.63. The molecule has 0 bridgehead atoms. The maximum atomic E-state index is 11.8. The fraction of sp³-hybridized carbons (Fsp3) is 0.0500. The molecule has 4 rings (SSSR count). The Kier molecular flexibility index (Phi) is 4.86. The van der Waals surface area contributed by atoms with E-state index in [1.165, 1.54) is 18.1 Å². The summed E-state index contributed by atoms with van der Waals surface area (Å²) in [5, 5.41) is 16.0. The molecule has 2 heterocycles. The van der Waals surface area contributed by atoms with E-state index in [0.717, 1.165) is 21.4 Å². The van der Waals surface area contributed by atoms with Gasteiger partial charge in [0.25, 0.3) is 0 Å². The van der Waals surface area contributed by atoms with Crippen LogP contribution in [0.2, 0.25) is 0 Å². The van der Waals surface area contributed by atoms with Gasteiger partial charge >= 0.3 is 5.69 Å². The van der Waals surface area contributed by atoms with E-state index in [1.54, 1.807) is 6.20 Å². The van der Waals surface area contributed by atoms with Gasteiger partial charge in [0.2, 0.25) is 5.82 Å². The standard InChI is InChI=1S/C20H15N5O2S/c1-13-7-9-14(10-8-13)28-20-18(25(26)27)19(22-12-23-20)24-17-6-2-5-16-15(17)4-3-11-21-16/h2-12H,1H3,(H,22,23,24). The van der Waals surface area contributed by atoms with Gasteiger partial charge in [-0.15, -0.1) is 0 Å². The number of anilines is 2. The molecule has 28 heavy (non-hydrogen) atoms. The van der Waals surface area contributed by atoms with E-state index in [2.05, 4.69) is 20.3 Å². The van der Waals surface area contributed by atoms with Crippen LogP contribution in [0.25, 0.3) is 10.9 Å². The second-order valence-corrected chi connectivity index (χ2v) is 7.11. The lowest BCUT2D eigenvalue weighted by Gasteiger charge is -2.10. The Balaban J connectivity index is 1.74. The van der Waals surface area contributed by atoms with E-state index in [9.17, 15) is 10.1 Å². The van der Waals surface area contributed by atoms with Crippen LogP contribution in [0.15, 0.2) is 77.0 Å². The molecule has 0 fully saturated rings. The minimum Gasteiger partial charge on any atom is -0.334 e. The summed E-state index contributed by atoms with van der Waals surface area (Å²) in [5.74, 6) is 0.144. The van der Waals surface area contributed by atoms with E-state index in [1.807, 2.05) is 61.5 Å². The van der Waals surface area contributed by atoms with E-state index < -0.39 is 4.92 Å².